The lowest BCUT2D eigenvalue weighted by Crippen LogP contribution is -2.57. The summed E-state index contributed by atoms with van der Waals surface area (Å²) in [5.41, 5.74) is -0.238. The summed E-state index contributed by atoms with van der Waals surface area (Å²) in [6, 6.07) is 7.03. The summed E-state index contributed by atoms with van der Waals surface area (Å²) in [5.74, 6) is -1.28. The maximum Gasteiger partial charge on any atom is 0.419 e. The fourth-order valence-electron chi connectivity index (χ4n) is 4.61. The minimum absolute atomic E-state index is 0.0370. The van der Waals surface area contributed by atoms with Crippen LogP contribution in [0.25, 0.3) is 10.9 Å². The first kappa shape index (κ1) is 36.1. The third kappa shape index (κ3) is 10.9. The molecule has 0 saturated carbocycles. The Morgan fingerprint density at radius 1 is 0.864 bits per heavy atom. The van der Waals surface area contributed by atoms with Gasteiger partial charge in [0.15, 0.2) is 0 Å². The van der Waals surface area contributed by atoms with Gasteiger partial charge < -0.3 is 25.4 Å². The van der Waals surface area contributed by atoms with Gasteiger partial charge in [0.25, 0.3) is 0 Å². The molecule has 2 aromatic rings. The van der Waals surface area contributed by atoms with E-state index in [2.05, 4.69) is 22.0 Å². The van der Waals surface area contributed by atoms with Crippen molar-refractivity contribution in [1.29, 1.82) is 5.26 Å². The van der Waals surface area contributed by atoms with Crippen molar-refractivity contribution in [2.45, 2.75) is 118 Å². The number of benzene rings is 1. The Kier molecular flexibility index (Phi) is 12.4. The Morgan fingerprint density at radius 2 is 1.48 bits per heavy atom. The zero-order valence-electron chi connectivity index (χ0n) is 27.7. The molecule has 1 heterocycles. The van der Waals surface area contributed by atoms with E-state index in [9.17, 15) is 19.2 Å². The number of nitrogens with zero attached hydrogens (tertiary/aromatic N) is 2. The Balaban J connectivity index is 2.49. The fraction of sp³-hybridized carbons (Fsp3) is 0.606. The van der Waals surface area contributed by atoms with Crippen molar-refractivity contribution < 1.29 is 28.7 Å². The van der Waals surface area contributed by atoms with Crippen molar-refractivity contribution in [2.24, 2.45) is 11.8 Å². The minimum atomic E-state index is -1.06. The smallest absolute Gasteiger partial charge is 0.419 e. The van der Waals surface area contributed by atoms with Crippen molar-refractivity contribution in [3.8, 4) is 6.07 Å². The van der Waals surface area contributed by atoms with Crippen LogP contribution in [0.4, 0.5) is 9.59 Å². The van der Waals surface area contributed by atoms with E-state index in [0.717, 1.165) is 5.39 Å². The summed E-state index contributed by atoms with van der Waals surface area (Å²) in [5, 5.41) is 18.3. The number of rotatable bonds is 11. The molecule has 0 aliphatic rings. The molecule has 44 heavy (non-hydrogen) atoms. The van der Waals surface area contributed by atoms with E-state index in [1.54, 1.807) is 73.7 Å². The molecule has 1 aromatic heterocycles. The molecular formula is C33H49N5O6. The molecule has 0 saturated heterocycles. The minimum Gasteiger partial charge on any atom is -0.444 e. The van der Waals surface area contributed by atoms with Crippen LogP contribution in [0.15, 0.2) is 30.5 Å². The fourth-order valence-corrected chi connectivity index (χ4v) is 4.61. The second-order valence-electron chi connectivity index (χ2n) is 13.7. The summed E-state index contributed by atoms with van der Waals surface area (Å²) < 4.78 is 12.4. The quantitative estimate of drug-likeness (QED) is 0.306. The number of carbonyl (C=O) groups excluding carboxylic acids is 4. The van der Waals surface area contributed by atoms with Crippen LogP contribution in [0.2, 0.25) is 0 Å². The average molecular weight is 612 g/mol. The molecule has 0 spiro atoms. The van der Waals surface area contributed by atoms with E-state index < -0.39 is 47.3 Å². The van der Waals surface area contributed by atoms with Gasteiger partial charge in [-0.05, 0) is 71.4 Å². The van der Waals surface area contributed by atoms with E-state index in [1.807, 2.05) is 26.0 Å². The highest BCUT2D eigenvalue weighted by Gasteiger charge is 2.32. The van der Waals surface area contributed by atoms with Crippen LogP contribution < -0.4 is 16.0 Å². The number of nitrogens with one attached hydrogen (secondary N) is 3. The highest BCUT2D eigenvalue weighted by Crippen LogP contribution is 2.24. The van der Waals surface area contributed by atoms with Gasteiger partial charge in [-0.15, -0.1) is 0 Å². The van der Waals surface area contributed by atoms with Gasteiger partial charge in [-0.25, -0.2) is 9.59 Å². The molecule has 0 aliphatic carbocycles. The second kappa shape index (κ2) is 15.1. The zero-order valence-corrected chi connectivity index (χ0v) is 27.7. The van der Waals surface area contributed by atoms with Crippen LogP contribution in [0.3, 0.4) is 0 Å². The topological polar surface area (TPSA) is 152 Å². The Hall–Kier alpha value is -4.07. The molecule has 0 aliphatic heterocycles. The van der Waals surface area contributed by atoms with Gasteiger partial charge >= 0.3 is 12.2 Å². The van der Waals surface area contributed by atoms with Crippen LogP contribution >= 0.6 is 0 Å². The highest BCUT2D eigenvalue weighted by atomic mass is 16.6. The van der Waals surface area contributed by atoms with E-state index in [-0.39, 0.29) is 30.7 Å². The molecule has 1 unspecified atom stereocenters. The number of hydrogen-bond acceptors (Lipinski definition) is 7. The maximum atomic E-state index is 13.8. The van der Waals surface area contributed by atoms with E-state index in [1.165, 1.54) is 4.57 Å². The first-order valence-electron chi connectivity index (χ1n) is 15.1. The Bertz CT molecular complexity index is 1360. The molecule has 2 rings (SSSR count). The molecule has 3 atom stereocenters. The van der Waals surface area contributed by atoms with Gasteiger partial charge in [0.2, 0.25) is 11.8 Å². The average Bonchev–Trinajstić information content (AvgIpc) is 3.25. The predicted octanol–water partition coefficient (Wildman–Crippen LogP) is 5.45. The van der Waals surface area contributed by atoms with E-state index in [4.69, 9.17) is 14.7 Å². The summed E-state index contributed by atoms with van der Waals surface area (Å²) >= 11 is 0. The molecule has 3 N–H and O–H groups in total. The number of fused-ring (bicyclic) bond motifs is 1. The summed E-state index contributed by atoms with van der Waals surface area (Å²) in [6.07, 6.45) is 1.08. The molecule has 3 amide bonds. The van der Waals surface area contributed by atoms with Gasteiger partial charge in [-0.1, -0.05) is 45.9 Å². The Labute approximate surface area is 261 Å². The van der Waals surface area contributed by atoms with Gasteiger partial charge in [0, 0.05) is 30.5 Å². The Morgan fingerprint density at radius 3 is 2.02 bits per heavy atom. The number of ether oxygens (including phenoxy) is 2. The SMILES string of the molecule is CC(C)C(CCC#N)NC(=O)[C@H](Cc1cn(C(=O)OC(C)(C)C)c2ccccc12)NC(=O)[C@@H](NC(=O)OC(C)(C)C)C(C)C. The lowest BCUT2D eigenvalue weighted by molar-refractivity contribution is -0.131. The third-order valence-electron chi connectivity index (χ3n) is 6.76. The number of carbonyl (C=O) groups is 4. The molecular weight excluding hydrogens is 562 g/mol. The predicted molar refractivity (Wildman–Crippen MR) is 169 cm³/mol. The normalized spacial score (nSPS) is 14.0. The largest absolute Gasteiger partial charge is 0.444 e. The highest BCUT2D eigenvalue weighted by molar-refractivity contribution is 5.94. The second-order valence-corrected chi connectivity index (χ2v) is 13.7. The molecule has 0 fully saturated rings. The molecule has 0 bridgehead atoms. The summed E-state index contributed by atoms with van der Waals surface area (Å²) in [7, 11) is 0. The van der Waals surface area contributed by atoms with Crippen molar-refractivity contribution in [1.82, 2.24) is 20.5 Å². The van der Waals surface area contributed by atoms with Gasteiger partial charge in [-0.3, -0.25) is 14.2 Å². The van der Waals surface area contributed by atoms with Crippen LogP contribution in [0.5, 0.6) is 0 Å². The number of aromatic nitrogens is 1. The van der Waals surface area contributed by atoms with Crippen molar-refractivity contribution in [3.63, 3.8) is 0 Å². The first-order valence-corrected chi connectivity index (χ1v) is 15.1. The van der Waals surface area contributed by atoms with Gasteiger partial charge in [0.1, 0.15) is 23.3 Å². The van der Waals surface area contributed by atoms with Gasteiger partial charge in [0.05, 0.1) is 11.6 Å². The van der Waals surface area contributed by atoms with Gasteiger partial charge in [-0.2, -0.15) is 5.26 Å². The lowest BCUT2D eigenvalue weighted by atomic mass is 9.97. The zero-order chi connectivity index (χ0) is 33.4. The maximum absolute atomic E-state index is 13.8. The van der Waals surface area contributed by atoms with Crippen LogP contribution in [0, 0.1) is 23.2 Å². The summed E-state index contributed by atoms with van der Waals surface area (Å²) in [6.45, 7) is 18.0. The van der Waals surface area contributed by atoms with Crippen LogP contribution in [-0.2, 0) is 25.5 Å². The van der Waals surface area contributed by atoms with E-state index in [0.29, 0.717) is 17.5 Å². The summed E-state index contributed by atoms with van der Waals surface area (Å²) in [4.78, 5) is 53.1. The lowest BCUT2D eigenvalue weighted by Gasteiger charge is -2.28. The van der Waals surface area contributed by atoms with Crippen LogP contribution in [0.1, 0.15) is 87.6 Å². The number of alkyl carbamates (subject to hydrolysis) is 1. The molecule has 1 aromatic carbocycles. The standard InChI is InChI=1S/C33H49N5O6/c1-20(2)24(15-13-17-34)35-28(39)25(36-29(40)27(21(3)4)37-30(41)43-32(5,6)7)18-22-19-38(31(42)44-33(8,9)10)26-16-12-11-14-23(22)26/h11-12,14,16,19-21,24-25,27H,13,15,18H2,1-10H3,(H,35,39)(H,36,40)(H,37,41)/t24?,25-,27-/m0/s1. The molecule has 11 heteroatoms. The monoisotopic (exact) mass is 611 g/mol. The number of nitriles is 1. The van der Waals surface area contributed by atoms with Crippen molar-refractivity contribution in [3.05, 3.63) is 36.0 Å². The third-order valence-corrected chi connectivity index (χ3v) is 6.76. The molecule has 242 valence electrons. The molecule has 11 nitrogen and oxygen atoms in total. The van der Waals surface area contributed by atoms with Crippen LogP contribution in [-0.4, -0.2) is 57.9 Å². The number of para-hydroxylation sites is 1. The molecule has 0 radical (unpaired) electrons. The first-order chi connectivity index (χ1) is 20.3. The number of amides is 3. The number of hydrogen-bond donors (Lipinski definition) is 3. The van der Waals surface area contributed by atoms with E-state index >= 15 is 0 Å². The van der Waals surface area contributed by atoms with Crippen molar-refractivity contribution >= 4 is 34.9 Å². The van der Waals surface area contributed by atoms with Crippen molar-refractivity contribution in [2.75, 3.05) is 0 Å².